The summed E-state index contributed by atoms with van der Waals surface area (Å²) in [6, 6.07) is 5.48. The summed E-state index contributed by atoms with van der Waals surface area (Å²) >= 11 is 3.37. The van der Waals surface area contributed by atoms with Gasteiger partial charge in [0.1, 0.15) is 0 Å². The van der Waals surface area contributed by atoms with E-state index in [1.807, 2.05) is 12.1 Å². The number of halogens is 1. The average molecular weight is 311 g/mol. The van der Waals surface area contributed by atoms with Gasteiger partial charge in [0.15, 0.2) is 0 Å². The summed E-state index contributed by atoms with van der Waals surface area (Å²) in [6.07, 6.45) is 5.50. The van der Waals surface area contributed by atoms with E-state index in [4.69, 9.17) is 5.73 Å². The van der Waals surface area contributed by atoms with Crippen LogP contribution >= 0.6 is 15.9 Å². The predicted molar refractivity (Wildman–Crippen MR) is 78.4 cm³/mol. The van der Waals surface area contributed by atoms with Crippen molar-refractivity contribution in [3.05, 3.63) is 22.7 Å². The predicted octanol–water partition coefficient (Wildman–Crippen LogP) is 3.94. The number of hydrogen-bond acceptors (Lipinski definition) is 2. The Hall–Kier alpha value is -1.03. The van der Waals surface area contributed by atoms with E-state index in [1.54, 1.807) is 6.07 Å². The van der Waals surface area contributed by atoms with Crippen LogP contribution in [0.1, 0.15) is 39.0 Å². The van der Waals surface area contributed by atoms with Gasteiger partial charge in [0.05, 0.1) is 0 Å². The summed E-state index contributed by atoms with van der Waals surface area (Å²) < 4.78 is 0.814. The molecule has 1 aliphatic rings. The number of nitrogen functional groups attached to an aromatic ring is 1. The van der Waals surface area contributed by atoms with Crippen molar-refractivity contribution in [2.75, 3.05) is 11.1 Å². The largest absolute Gasteiger partial charge is 0.398 e. The molecule has 2 rings (SSSR count). The molecule has 0 aliphatic heterocycles. The molecule has 0 bridgehead atoms. The maximum atomic E-state index is 12.3. The SMILES string of the molecule is CC1(C(=O)Nc2ccc(N)c(Br)c2)CCCCC1. The highest BCUT2D eigenvalue weighted by atomic mass is 79.9. The third-order valence-corrected chi connectivity index (χ3v) is 4.45. The summed E-state index contributed by atoms with van der Waals surface area (Å²) in [5, 5.41) is 3.00. The standard InChI is InChI=1S/C14H19BrN2O/c1-14(7-3-2-4-8-14)13(18)17-10-5-6-12(16)11(15)9-10/h5-6,9H,2-4,7-8,16H2,1H3,(H,17,18). The van der Waals surface area contributed by atoms with Crippen LogP contribution in [0.25, 0.3) is 0 Å². The molecule has 1 fully saturated rings. The Labute approximate surface area is 116 Å². The first-order chi connectivity index (χ1) is 8.51. The Morgan fingerprint density at radius 3 is 2.61 bits per heavy atom. The minimum Gasteiger partial charge on any atom is -0.398 e. The second-order valence-electron chi connectivity index (χ2n) is 5.31. The van der Waals surface area contributed by atoms with Gasteiger partial charge < -0.3 is 11.1 Å². The molecule has 1 aromatic rings. The topological polar surface area (TPSA) is 55.1 Å². The molecule has 0 atom stereocenters. The van der Waals surface area contributed by atoms with Gasteiger partial charge in [-0.15, -0.1) is 0 Å². The summed E-state index contributed by atoms with van der Waals surface area (Å²) in [7, 11) is 0. The first kappa shape index (κ1) is 13.4. The summed E-state index contributed by atoms with van der Waals surface area (Å²) in [5.74, 6) is 0.124. The number of rotatable bonds is 2. The van der Waals surface area contributed by atoms with Gasteiger partial charge in [0.2, 0.25) is 5.91 Å². The fourth-order valence-electron chi connectivity index (χ4n) is 2.45. The molecule has 1 aliphatic carbocycles. The normalized spacial score (nSPS) is 18.3. The zero-order valence-corrected chi connectivity index (χ0v) is 12.2. The fourth-order valence-corrected chi connectivity index (χ4v) is 2.82. The second kappa shape index (κ2) is 5.31. The molecule has 18 heavy (non-hydrogen) atoms. The first-order valence-electron chi connectivity index (χ1n) is 6.38. The van der Waals surface area contributed by atoms with E-state index in [1.165, 1.54) is 6.42 Å². The molecule has 1 saturated carbocycles. The lowest BCUT2D eigenvalue weighted by Crippen LogP contribution is -2.35. The molecule has 3 N–H and O–H groups in total. The number of nitrogens with two attached hydrogens (primary N) is 1. The number of amides is 1. The number of anilines is 2. The van der Waals surface area contributed by atoms with E-state index < -0.39 is 0 Å². The Morgan fingerprint density at radius 1 is 1.33 bits per heavy atom. The zero-order valence-electron chi connectivity index (χ0n) is 10.6. The number of carbonyl (C=O) groups excluding carboxylic acids is 1. The molecule has 1 aromatic carbocycles. The van der Waals surface area contributed by atoms with Gasteiger partial charge in [-0.25, -0.2) is 0 Å². The van der Waals surface area contributed by atoms with Crippen LogP contribution in [0.5, 0.6) is 0 Å². The molecule has 3 nitrogen and oxygen atoms in total. The van der Waals surface area contributed by atoms with Crippen molar-refractivity contribution in [1.29, 1.82) is 0 Å². The average Bonchev–Trinajstić information content (AvgIpc) is 2.35. The van der Waals surface area contributed by atoms with Gasteiger partial charge >= 0.3 is 0 Å². The molecule has 0 unspecified atom stereocenters. The van der Waals surface area contributed by atoms with E-state index in [0.29, 0.717) is 5.69 Å². The lowest BCUT2D eigenvalue weighted by atomic mass is 9.75. The quantitative estimate of drug-likeness (QED) is 0.813. The summed E-state index contributed by atoms with van der Waals surface area (Å²) in [5.41, 5.74) is 6.99. The molecule has 98 valence electrons. The lowest BCUT2D eigenvalue weighted by molar-refractivity contribution is -0.126. The summed E-state index contributed by atoms with van der Waals surface area (Å²) in [6.45, 7) is 2.06. The van der Waals surface area contributed by atoms with Crippen LogP contribution in [0, 0.1) is 5.41 Å². The van der Waals surface area contributed by atoms with Gasteiger partial charge in [0, 0.05) is 21.3 Å². The van der Waals surface area contributed by atoms with Gasteiger partial charge in [-0.2, -0.15) is 0 Å². The molecular weight excluding hydrogens is 292 g/mol. The van der Waals surface area contributed by atoms with Crippen LogP contribution in [0.3, 0.4) is 0 Å². The van der Waals surface area contributed by atoms with E-state index in [9.17, 15) is 4.79 Å². The van der Waals surface area contributed by atoms with E-state index in [0.717, 1.165) is 35.8 Å². The molecule has 0 heterocycles. The van der Waals surface area contributed by atoms with Gasteiger partial charge in [-0.05, 0) is 47.0 Å². The van der Waals surface area contributed by atoms with Gasteiger partial charge in [-0.1, -0.05) is 26.2 Å². The maximum absolute atomic E-state index is 12.3. The minimum absolute atomic E-state index is 0.124. The number of carbonyl (C=O) groups is 1. The second-order valence-corrected chi connectivity index (χ2v) is 6.17. The molecule has 0 spiro atoms. The molecule has 0 saturated heterocycles. The third-order valence-electron chi connectivity index (χ3n) is 3.76. The number of nitrogens with one attached hydrogen (secondary N) is 1. The van der Waals surface area contributed by atoms with Crippen molar-refractivity contribution in [1.82, 2.24) is 0 Å². The molecule has 4 heteroatoms. The highest BCUT2D eigenvalue weighted by molar-refractivity contribution is 9.10. The zero-order chi connectivity index (χ0) is 13.2. The highest BCUT2D eigenvalue weighted by Crippen LogP contribution is 2.37. The van der Waals surface area contributed by atoms with Crippen molar-refractivity contribution in [3.8, 4) is 0 Å². The Morgan fingerprint density at radius 2 is 2.00 bits per heavy atom. The van der Waals surface area contributed by atoms with Crippen molar-refractivity contribution in [3.63, 3.8) is 0 Å². The maximum Gasteiger partial charge on any atom is 0.230 e. The van der Waals surface area contributed by atoms with E-state index >= 15 is 0 Å². The Bertz CT molecular complexity index is 453. The summed E-state index contributed by atoms with van der Waals surface area (Å²) in [4.78, 5) is 12.3. The minimum atomic E-state index is -0.216. The monoisotopic (exact) mass is 310 g/mol. The van der Waals surface area contributed by atoms with Gasteiger partial charge in [0.25, 0.3) is 0 Å². The van der Waals surface area contributed by atoms with Crippen LogP contribution in [-0.2, 0) is 4.79 Å². The lowest BCUT2D eigenvalue weighted by Gasteiger charge is -2.32. The number of benzene rings is 1. The number of hydrogen-bond donors (Lipinski definition) is 2. The Kier molecular flexibility index (Phi) is 3.95. The van der Waals surface area contributed by atoms with Crippen LogP contribution in [0.15, 0.2) is 22.7 Å². The molecule has 0 aromatic heterocycles. The van der Waals surface area contributed by atoms with Crippen LogP contribution in [-0.4, -0.2) is 5.91 Å². The van der Waals surface area contributed by atoms with Crippen LogP contribution < -0.4 is 11.1 Å². The van der Waals surface area contributed by atoms with E-state index in [2.05, 4.69) is 28.2 Å². The van der Waals surface area contributed by atoms with Crippen molar-refractivity contribution >= 4 is 33.2 Å². The third kappa shape index (κ3) is 2.86. The smallest absolute Gasteiger partial charge is 0.230 e. The highest BCUT2D eigenvalue weighted by Gasteiger charge is 2.34. The van der Waals surface area contributed by atoms with Crippen molar-refractivity contribution in [2.45, 2.75) is 39.0 Å². The first-order valence-corrected chi connectivity index (χ1v) is 7.17. The van der Waals surface area contributed by atoms with E-state index in [-0.39, 0.29) is 11.3 Å². The van der Waals surface area contributed by atoms with Crippen molar-refractivity contribution in [2.24, 2.45) is 5.41 Å². The van der Waals surface area contributed by atoms with Gasteiger partial charge in [-0.3, -0.25) is 4.79 Å². The van der Waals surface area contributed by atoms with Crippen LogP contribution in [0.2, 0.25) is 0 Å². The molecule has 0 radical (unpaired) electrons. The van der Waals surface area contributed by atoms with Crippen molar-refractivity contribution < 1.29 is 4.79 Å². The molecular formula is C14H19BrN2O. The fraction of sp³-hybridized carbons (Fsp3) is 0.500. The Balaban J connectivity index is 2.08. The van der Waals surface area contributed by atoms with Crippen LogP contribution in [0.4, 0.5) is 11.4 Å². The molecule has 1 amide bonds.